The van der Waals surface area contributed by atoms with Crippen molar-refractivity contribution in [1.82, 2.24) is 5.43 Å². The first kappa shape index (κ1) is 17.7. The zero-order valence-corrected chi connectivity index (χ0v) is 14.0. The van der Waals surface area contributed by atoms with Gasteiger partial charge in [0.2, 0.25) is 0 Å². The molecule has 4 nitrogen and oxygen atoms in total. The Morgan fingerprint density at radius 2 is 2.08 bits per heavy atom. The molecule has 0 heterocycles. The van der Waals surface area contributed by atoms with Crippen molar-refractivity contribution < 1.29 is 13.9 Å². The number of carbonyl (C=O) groups excluding carboxylic acids is 1. The molecule has 0 aliphatic carbocycles. The lowest BCUT2D eigenvalue weighted by atomic mass is 10.0. The average Bonchev–Trinajstić information content (AvgIpc) is 2.53. The maximum Gasteiger partial charge on any atom is 0.277 e. The quantitative estimate of drug-likeness (QED) is 0.648. The summed E-state index contributed by atoms with van der Waals surface area (Å²) in [6, 6.07) is 11.9. The van der Waals surface area contributed by atoms with Crippen LogP contribution in [-0.2, 0) is 4.79 Å². The van der Waals surface area contributed by atoms with Crippen molar-refractivity contribution in [3.8, 4) is 5.75 Å². The average molecular weight is 328 g/mol. The van der Waals surface area contributed by atoms with E-state index in [1.807, 2.05) is 25.1 Å². The van der Waals surface area contributed by atoms with Gasteiger partial charge >= 0.3 is 0 Å². The monoisotopic (exact) mass is 328 g/mol. The highest BCUT2D eigenvalue weighted by Crippen LogP contribution is 2.27. The molecule has 1 amide bonds. The number of halogens is 1. The van der Waals surface area contributed by atoms with Crippen LogP contribution in [0.15, 0.2) is 47.6 Å². The van der Waals surface area contributed by atoms with Gasteiger partial charge in [-0.2, -0.15) is 5.10 Å². The Bertz CT molecular complexity index is 742. The van der Waals surface area contributed by atoms with Crippen LogP contribution in [-0.4, -0.2) is 18.7 Å². The summed E-state index contributed by atoms with van der Waals surface area (Å²) >= 11 is 0. The van der Waals surface area contributed by atoms with Crippen LogP contribution in [0.2, 0.25) is 0 Å². The van der Waals surface area contributed by atoms with E-state index in [0.29, 0.717) is 17.2 Å². The Balaban J connectivity index is 1.91. The van der Waals surface area contributed by atoms with Crippen LogP contribution in [0.25, 0.3) is 0 Å². The van der Waals surface area contributed by atoms with Gasteiger partial charge in [0.1, 0.15) is 11.6 Å². The Morgan fingerprint density at radius 1 is 1.29 bits per heavy atom. The van der Waals surface area contributed by atoms with E-state index in [1.165, 1.54) is 18.3 Å². The van der Waals surface area contributed by atoms with Gasteiger partial charge in [-0.05, 0) is 47.7 Å². The summed E-state index contributed by atoms with van der Waals surface area (Å²) in [5, 5.41) is 3.80. The van der Waals surface area contributed by atoms with Crippen molar-refractivity contribution in [3.63, 3.8) is 0 Å². The number of benzene rings is 2. The molecule has 0 unspecified atom stereocenters. The first-order chi connectivity index (χ1) is 11.5. The fourth-order valence-electron chi connectivity index (χ4n) is 2.18. The first-order valence-corrected chi connectivity index (χ1v) is 7.76. The van der Waals surface area contributed by atoms with Gasteiger partial charge in [-0.1, -0.05) is 38.1 Å². The zero-order valence-electron chi connectivity index (χ0n) is 14.0. The zero-order chi connectivity index (χ0) is 17.5. The van der Waals surface area contributed by atoms with Crippen molar-refractivity contribution in [2.75, 3.05) is 6.61 Å². The maximum absolute atomic E-state index is 13.0. The third-order valence-corrected chi connectivity index (χ3v) is 3.40. The third kappa shape index (κ3) is 5.19. The van der Waals surface area contributed by atoms with E-state index >= 15 is 0 Å². The van der Waals surface area contributed by atoms with E-state index in [9.17, 15) is 9.18 Å². The molecule has 0 saturated carbocycles. The van der Waals surface area contributed by atoms with E-state index in [1.54, 1.807) is 12.1 Å². The van der Waals surface area contributed by atoms with E-state index in [4.69, 9.17) is 4.74 Å². The van der Waals surface area contributed by atoms with Crippen molar-refractivity contribution in [2.45, 2.75) is 26.7 Å². The predicted molar refractivity (Wildman–Crippen MR) is 92.9 cm³/mol. The molecule has 0 radical (unpaired) electrons. The van der Waals surface area contributed by atoms with E-state index in [2.05, 4.69) is 24.4 Å². The van der Waals surface area contributed by atoms with E-state index in [-0.39, 0.29) is 18.3 Å². The lowest BCUT2D eigenvalue weighted by molar-refractivity contribution is -0.123. The molecule has 0 saturated heterocycles. The molecule has 5 heteroatoms. The number of hydrogen-bond acceptors (Lipinski definition) is 3. The minimum Gasteiger partial charge on any atom is -0.483 e. The van der Waals surface area contributed by atoms with Gasteiger partial charge in [-0.3, -0.25) is 4.79 Å². The number of carbonyl (C=O) groups is 1. The van der Waals surface area contributed by atoms with Crippen LogP contribution < -0.4 is 10.2 Å². The fourth-order valence-corrected chi connectivity index (χ4v) is 2.18. The number of rotatable bonds is 6. The summed E-state index contributed by atoms with van der Waals surface area (Å²) in [7, 11) is 0. The van der Waals surface area contributed by atoms with Crippen LogP contribution in [0.5, 0.6) is 5.75 Å². The van der Waals surface area contributed by atoms with Crippen LogP contribution in [0.3, 0.4) is 0 Å². The number of nitrogens with one attached hydrogen (secondary N) is 1. The molecule has 0 aromatic heterocycles. The van der Waals surface area contributed by atoms with Gasteiger partial charge in [0.05, 0.1) is 6.21 Å². The van der Waals surface area contributed by atoms with Gasteiger partial charge in [0.25, 0.3) is 5.91 Å². The topological polar surface area (TPSA) is 50.7 Å². The number of aryl methyl sites for hydroxylation is 1. The van der Waals surface area contributed by atoms with Gasteiger partial charge in [0, 0.05) is 0 Å². The molecule has 1 N–H and O–H groups in total. The highest BCUT2D eigenvalue weighted by atomic mass is 19.1. The van der Waals surface area contributed by atoms with Crippen LogP contribution in [0.1, 0.15) is 36.5 Å². The molecule has 0 bridgehead atoms. The van der Waals surface area contributed by atoms with E-state index in [0.717, 1.165) is 11.1 Å². The second-order valence-corrected chi connectivity index (χ2v) is 5.83. The summed E-state index contributed by atoms with van der Waals surface area (Å²) in [5.74, 6) is 0.275. The molecule has 0 fully saturated rings. The highest BCUT2D eigenvalue weighted by Gasteiger charge is 2.10. The van der Waals surface area contributed by atoms with Crippen LogP contribution in [0, 0.1) is 12.7 Å². The lowest BCUT2D eigenvalue weighted by Gasteiger charge is -2.14. The summed E-state index contributed by atoms with van der Waals surface area (Å²) in [6.45, 7) is 5.98. The molecule has 2 aromatic rings. The third-order valence-electron chi connectivity index (χ3n) is 3.40. The lowest BCUT2D eigenvalue weighted by Crippen LogP contribution is -2.25. The predicted octanol–water partition coefficient (Wildman–Crippen LogP) is 3.79. The summed E-state index contributed by atoms with van der Waals surface area (Å²) < 4.78 is 18.6. The minimum absolute atomic E-state index is 0.135. The first-order valence-electron chi connectivity index (χ1n) is 7.76. The van der Waals surface area contributed by atoms with Crippen molar-refractivity contribution in [1.29, 1.82) is 0 Å². The summed E-state index contributed by atoms with van der Waals surface area (Å²) in [4.78, 5) is 11.8. The van der Waals surface area contributed by atoms with Crippen molar-refractivity contribution >= 4 is 12.1 Å². The number of amides is 1. The summed E-state index contributed by atoms with van der Waals surface area (Å²) in [6.07, 6.45) is 1.38. The minimum atomic E-state index is -0.376. The summed E-state index contributed by atoms with van der Waals surface area (Å²) in [5.41, 5.74) is 5.05. The SMILES string of the molecule is Cc1ccc(C(C)C)c(OCC(=O)NN=Cc2cccc(F)c2)c1. The van der Waals surface area contributed by atoms with Crippen molar-refractivity contribution in [3.05, 3.63) is 65.0 Å². The van der Waals surface area contributed by atoms with Crippen LogP contribution in [0.4, 0.5) is 4.39 Å². The molecule has 24 heavy (non-hydrogen) atoms. The second kappa shape index (κ2) is 8.24. The second-order valence-electron chi connectivity index (χ2n) is 5.83. The molecule has 0 spiro atoms. The highest BCUT2D eigenvalue weighted by molar-refractivity contribution is 5.82. The molecular weight excluding hydrogens is 307 g/mol. The molecule has 0 aliphatic heterocycles. The standard InChI is InChI=1S/C19H21FN2O2/c1-13(2)17-8-7-14(3)9-18(17)24-12-19(23)22-21-11-15-5-4-6-16(20)10-15/h4-11,13H,12H2,1-3H3,(H,22,23). The molecular formula is C19H21FN2O2. The normalized spacial score (nSPS) is 11.0. The Kier molecular flexibility index (Phi) is 6.07. The fraction of sp³-hybridized carbons (Fsp3) is 0.263. The number of nitrogens with zero attached hydrogens (tertiary/aromatic N) is 1. The number of hydrogen-bond donors (Lipinski definition) is 1. The largest absolute Gasteiger partial charge is 0.483 e. The Hall–Kier alpha value is -2.69. The molecule has 2 rings (SSSR count). The van der Waals surface area contributed by atoms with Gasteiger partial charge < -0.3 is 4.74 Å². The van der Waals surface area contributed by atoms with E-state index < -0.39 is 0 Å². The maximum atomic E-state index is 13.0. The molecule has 0 atom stereocenters. The van der Waals surface area contributed by atoms with Crippen molar-refractivity contribution in [2.24, 2.45) is 5.10 Å². The van der Waals surface area contributed by atoms with Gasteiger partial charge in [-0.15, -0.1) is 0 Å². The molecule has 0 aliphatic rings. The van der Waals surface area contributed by atoms with Crippen LogP contribution >= 0.6 is 0 Å². The molecule has 2 aromatic carbocycles. The Labute approximate surface area is 141 Å². The Morgan fingerprint density at radius 3 is 2.79 bits per heavy atom. The smallest absolute Gasteiger partial charge is 0.277 e. The van der Waals surface area contributed by atoms with Gasteiger partial charge in [0.15, 0.2) is 6.61 Å². The molecule has 126 valence electrons. The number of hydrazone groups is 1. The number of ether oxygens (including phenoxy) is 1. The van der Waals surface area contributed by atoms with Gasteiger partial charge in [-0.25, -0.2) is 9.82 Å².